The van der Waals surface area contributed by atoms with Gasteiger partial charge in [-0.25, -0.2) is 4.98 Å². The Morgan fingerprint density at radius 1 is 1.78 bits per heavy atom. The first-order chi connectivity index (χ1) is 4.20. The molecule has 0 bridgehead atoms. The fraction of sp³-hybridized carbons (Fsp3) is 0.500. The van der Waals surface area contributed by atoms with Crippen molar-refractivity contribution in [1.82, 2.24) is 4.98 Å². The summed E-state index contributed by atoms with van der Waals surface area (Å²) in [7, 11) is 0. The zero-order chi connectivity index (χ0) is 6.85. The van der Waals surface area contributed by atoms with Crippen molar-refractivity contribution in [2.45, 2.75) is 20.0 Å². The average molecular weight is 143 g/mol. The van der Waals surface area contributed by atoms with Crippen molar-refractivity contribution in [3.8, 4) is 0 Å². The third kappa shape index (κ3) is 1.50. The molecule has 50 valence electrons. The highest BCUT2D eigenvalue weighted by molar-refractivity contribution is 7.11. The van der Waals surface area contributed by atoms with Crippen molar-refractivity contribution in [3.05, 3.63) is 16.1 Å². The molecule has 0 amide bonds. The molecule has 0 aliphatic carbocycles. The van der Waals surface area contributed by atoms with Gasteiger partial charge >= 0.3 is 0 Å². The third-order valence-corrected chi connectivity index (χ3v) is 2.13. The summed E-state index contributed by atoms with van der Waals surface area (Å²) in [5.74, 6) is 0. The highest BCUT2D eigenvalue weighted by Crippen LogP contribution is 2.18. The van der Waals surface area contributed by atoms with Crippen molar-refractivity contribution in [2.24, 2.45) is 0 Å². The number of aliphatic hydroxyl groups excluding tert-OH is 1. The van der Waals surface area contributed by atoms with Gasteiger partial charge < -0.3 is 5.11 Å². The highest BCUT2D eigenvalue weighted by atomic mass is 32.1. The van der Waals surface area contributed by atoms with Crippen molar-refractivity contribution in [3.63, 3.8) is 0 Å². The molecule has 1 N–H and O–H groups in total. The number of hydrogen-bond acceptors (Lipinski definition) is 3. The van der Waals surface area contributed by atoms with Gasteiger partial charge in [-0.3, -0.25) is 0 Å². The molecule has 1 rings (SSSR count). The fourth-order valence-corrected chi connectivity index (χ4v) is 1.29. The molecule has 9 heavy (non-hydrogen) atoms. The maximum Gasteiger partial charge on any atom is 0.0897 e. The molecule has 1 heterocycles. The van der Waals surface area contributed by atoms with E-state index in [2.05, 4.69) is 4.98 Å². The molecular formula is C6H9NOS. The lowest BCUT2D eigenvalue weighted by molar-refractivity contribution is 0.203. The standard InChI is InChI=1S/C6H9NOS/c1-4(8)6-3-7-5(2)9-6/h3-4,8H,1-2H3/t4-/m1/s1. The van der Waals surface area contributed by atoms with Crippen LogP contribution in [0, 0.1) is 6.92 Å². The minimum absolute atomic E-state index is 0.365. The Hall–Kier alpha value is -0.410. The molecule has 0 aliphatic rings. The van der Waals surface area contributed by atoms with Crippen LogP contribution in [0.4, 0.5) is 0 Å². The van der Waals surface area contributed by atoms with Crippen LogP contribution in [-0.4, -0.2) is 10.1 Å². The topological polar surface area (TPSA) is 33.1 Å². The van der Waals surface area contributed by atoms with E-state index in [0.717, 1.165) is 9.88 Å². The van der Waals surface area contributed by atoms with Crippen LogP contribution >= 0.6 is 11.3 Å². The lowest BCUT2D eigenvalue weighted by Crippen LogP contribution is -1.83. The Morgan fingerprint density at radius 2 is 2.44 bits per heavy atom. The van der Waals surface area contributed by atoms with Crippen LogP contribution in [0.2, 0.25) is 0 Å². The second kappa shape index (κ2) is 2.45. The Kier molecular flexibility index (Phi) is 1.83. The highest BCUT2D eigenvalue weighted by Gasteiger charge is 2.02. The maximum absolute atomic E-state index is 9.01. The second-order valence-corrected chi connectivity index (χ2v) is 3.22. The van der Waals surface area contributed by atoms with E-state index in [1.54, 1.807) is 13.1 Å². The number of aliphatic hydroxyl groups is 1. The molecule has 1 atom stereocenters. The van der Waals surface area contributed by atoms with Crippen molar-refractivity contribution in [2.75, 3.05) is 0 Å². The summed E-state index contributed by atoms with van der Waals surface area (Å²) in [6, 6.07) is 0. The Bertz CT molecular complexity index is 195. The Labute approximate surface area is 58.2 Å². The summed E-state index contributed by atoms with van der Waals surface area (Å²) in [4.78, 5) is 4.93. The number of hydrogen-bond donors (Lipinski definition) is 1. The monoisotopic (exact) mass is 143 g/mol. The summed E-state index contributed by atoms with van der Waals surface area (Å²) in [6.45, 7) is 3.67. The summed E-state index contributed by atoms with van der Waals surface area (Å²) in [5, 5.41) is 10.0. The normalized spacial score (nSPS) is 13.7. The lowest BCUT2D eigenvalue weighted by atomic mass is 10.4. The lowest BCUT2D eigenvalue weighted by Gasteiger charge is -1.94. The minimum atomic E-state index is -0.365. The van der Waals surface area contributed by atoms with Gasteiger partial charge in [0.1, 0.15) is 0 Å². The van der Waals surface area contributed by atoms with E-state index in [1.165, 1.54) is 11.3 Å². The largest absolute Gasteiger partial charge is 0.388 e. The molecule has 0 spiro atoms. The summed E-state index contributed by atoms with van der Waals surface area (Å²) < 4.78 is 0. The third-order valence-electron chi connectivity index (χ3n) is 1.05. The smallest absolute Gasteiger partial charge is 0.0897 e. The first-order valence-electron chi connectivity index (χ1n) is 2.80. The van der Waals surface area contributed by atoms with E-state index in [-0.39, 0.29) is 6.10 Å². The minimum Gasteiger partial charge on any atom is -0.388 e. The molecule has 0 aliphatic heterocycles. The summed E-state index contributed by atoms with van der Waals surface area (Å²) in [6.07, 6.45) is 1.35. The van der Waals surface area contributed by atoms with Crippen LogP contribution in [0.15, 0.2) is 6.20 Å². The van der Waals surface area contributed by atoms with Gasteiger partial charge in [-0.1, -0.05) is 0 Å². The molecule has 0 aromatic carbocycles. The van der Waals surface area contributed by atoms with E-state index >= 15 is 0 Å². The van der Waals surface area contributed by atoms with Crippen LogP contribution in [0.1, 0.15) is 22.9 Å². The predicted octanol–water partition coefficient (Wildman–Crippen LogP) is 1.50. The Morgan fingerprint density at radius 3 is 2.67 bits per heavy atom. The molecule has 0 saturated heterocycles. The molecule has 0 radical (unpaired) electrons. The van der Waals surface area contributed by atoms with Crippen LogP contribution in [-0.2, 0) is 0 Å². The van der Waals surface area contributed by atoms with Crippen molar-refractivity contribution in [1.29, 1.82) is 0 Å². The SMILES string of the molecule is Cc1ncc([C@@H](C)O)s1. The summed E-state index contributed by atoms with van der Waals surface area (Å²) >= 11 is 1.53. The summed E-state index contributed by atoms with van der Waals surface area (Å²) in [5.41, 5.74) is 0. The average Bonchev–Trinajstić information content (AvgIpc) is 2.14. The van der Waals surface area contributed by atoms with E-state index in [9.17, 15) is 0 Å². The zero-order valence-corrected chi connectivity index (χ0v) is 6.27. The van der Waals surface area contributed by atoms with Crippen LogP contribution < -0.4 is 0 Å². The number of aryl methyl sites for hydroxylation is 1. The van der Waals surface area contributed by atoms with Crippen LogP contribution in [0.3, 0.4) is 0 Å². The predicted molar refractivity (Wildman–Crippen MR) is 37.5 cm³/mol. The second-order valence-electron chi connectivity index (χ2n) is 1.96. The van der Waals surface area contributed by atoms with Gasteiger partial charge in [0.2, 0.25) is 0 Å². The van der Waals surface area contributed by atoms with E-state index in [1.807, 2.05) is 6.92 Å². The quantitative estimate of drug-likeness (QED) is 0.646. The number of thiazole rings is 1. The molecule has 1 aromatic rings. The molecular weight excluding hydrogens is 134 g/mol. The van der Waals surface area contributed by atoms with Gasteiger partial charge in [-0.2, -0.15) is 0 Å². The van der Waals surface area contributed by atoms with Gasteiger partial charge in [-0.15, -0.1) is 11.3 Å². The molecule has 0 saturated carbocycles. The van der Waals surface area contributed by atoms with Gasteiger partial charge in [0.05, 0.1) is 16.0 Å². The first-order valence-corrected chi connectivity index (χ1v) is 3.62. The van der Waals surface area contributed by atoms with Gasteiger partial charge in [0, 0.05) is 6.20 Å². The first kappa shape index (κ1) is 6.71. The molecule has 0 fully saturated rings. The Balaban J connectivity index is 2.85. The molecule has 3 heteroatoms. The van der Waals surface area contributed by atoms with Crippen molar-refractivity contribution < 1.29 is 5.11 Å². The van der Waals surface area contributed by atoms with Gasteiger partial charge in [0.15, 0.2) is 0 Å². The molecule has 2 nitrogen and oxygen atoms in total. The molecule has 1 aromatic heterocycles. The van der Waals surface area contributed by atoms with E-state index in [0.29, 0.717) is 0 Å². The van der Waals surface area contributed by atoms with Gasteiger partial charge in [0.25, 0.3) is 0 Å². The van der Waals surface area contributed by atoms with Crippen LogP contribution in [0.25, 0.3) is 0 Å². The molecule has 0 unspecified atom stereocenters. The zero-order valence-electron chi connectivity index (χ0n) is 5.46. The van der Waals surface area contributed by atoms with Crippen LogP contribution in [0.5, 0.6) is 0 Å². The number of aromatic nitrogens is 1. The van der Waals surface area contributed by atoms with Crippen molar-refractivity contribution >= 4 is 11.3 Å². The van der Waals surface area contributed by atoms with Gasteiger partial charge in [-0.05, 0) is 13.8 Å². The fourth-order valence-electron chi connectivity index (χ4n) is 0.571. The number of nitrogens with zero attached hydrogens (tertiary/aromatic N) is 1. The van der Waals surface area contributed by atoms with E-state index < -0.39 is 0 Å². The number of rotatable bonds is 1. The van der Waals surface area contributed by atoms with E-state index in [4.69, 9.17) is 5.11 Å². The maximum atomic E-state index is 9.01.